The van der Waals surface area contributed by atoms with Crippen LogP contribution in [0.5, 0.6) is 0 Å². The second-order valence-corrected chi connectivity index (χ2v) is 7.78. The van der Waals surface area contributed by atoms with E-state index in [0.717, 1.165) is 37.7 Å². The molecule has 0 bridgehead atoms. The Kier molecular flexibility index (Phi) is 7.03. The van der Waals surface area contributed by atoms with Gasteiger partial charge >= 0.3 is 12.1 Å². The molecular formula is C20H30N2O4. The number of hydrogen-bond acceptors (Lipinski definition) is 5. The fourth-order valence-electron chi connectivity index (χ4n) is 3.78. The van der Waals surface area contributed by atoms with Crippen LogP contribution < -0.4 is 11.5 Å². The van der Waals surface area contributed by atoms with Crippen molar-refractivity contribution in [2.75, 3.05) is 0 Å². The largest absolute Gasteiger partial charge is 0.460 e. The number of benzene rings is 1. The van der Waals surface area contributed by atoms with Gasteiger partial charge < -0.3 is 20.9 Å². The topological polar surface area (TPSA) is 105 Å². The summed E-state index contributed by atoms with van der Waals surface area (Å²) in [6, 6.07) is 8.99. The summed E-state index contributed by atoms with van der Waals surface area (Å²) in [4.78, 5) is 23.2. The molecule has 1 aromatic carbocycles. The van der Waals surface area contributed by atoms with Gasteiger partial charge in [0.25, 0.3) is 0 Å². The predicted octanol–water partition coefficient (Wildman–Crippen LogP) is 3.13. The summed E-state index contributed by atoms with van der Waals surface area (Å²) in [5.41, 5.74) is 11.6. The Labute approximate surface area is 155 Å². The lowest BCUT2D eigenvalue weighted by Gasteiger charge is -2.35. The maximum atomic E-state index is 12.2. The molecule has 0 radical (unpaired) electrons. The van der Waals surface area contributed by atoms with Gasteiger partial charge in [-0.1, -0.05) is 30.3 Å². The average Bonchev–Trinajstić information content (AvgIpc) is 2.59. The highest BCUT2D eigenvalue weighted by molar-refractivity contribution is 5.75. The number of hydrogen-bond donors (Lipinski definition) is 2. The molecule has 4 N–H and O–H groups in total. The van der Waals surface area contributed by atoms with Crippen LogP contribution in [0.15, 0.2) is 30.3 Å². The van der Waals surface area contributed by atoms with Crippen LogP contribution in [0.3, 0.4) is 0 Å². The van der Waals surface area contributed by atoms with E-state index in [1.165, 1.54) is 0 Å². The third kappa shape index (κ3) is 6.33. The number of carbonyl (C=O) groups excluding carboxylic acids is 2. The van der Waals surface area contributed by atoms with Crippen LogP contribution in [0.25, 0.3) is 0 Å². The first-order valence-corrected chi connectivity index (χ1v) is 9.21. The number of primary amides is 1. The molecule has 1 aromatic rings. The number of nitrogens with two attached hydrogens (primary N) is 2. The van der Waals surface area contributed by atoms with Crippen molar-refractivity contribution < 1.29 is 19.1 Å². The highest BCUT2D eigenvalue weighted by Gasteiger charge is 2.33. The smallest absolute Gasteiger partial charge is 0.405 e. The summed E-state index contributed by atoms with van der Waals surface area (Å²) in [6.45, 7) is 3.99. The normalized spacial score (nSPS) is 21.7. The SMILES string of the molecule is CC(C)(CC1CCC(C(N)C(=O)OCc2ccccc2)CC1)OC(N)=O. The Morgan fingerprint density at radius 2 is 1.77 bits per heavy atom. The highest BCUT2D eigenvalue weighted by Crippen LogP contribution is 2.36. The molecular weight excluding hydrogens is 332 g/mol. The van der Waals surface area contributed by atoms with E-state index in [-0.39, 0.29) is 18.5 Å². The van der Waals surface area contributed by atoms with E-state index in [1.807, 2.05) is 44.2 Å². The van der Waals surface area contributed by atoms with Crippen molar-refractivity contribution in [3.8, 4) is 0 Å². The summed E-state index contributed by atoms with van der Waals surface area (Å²) >= 11 is 0. The van der Waals surface area contributed by atoms with Gasteiger partial charge in [-0.3, -0.25) is 4.79 Å². The van der Waals surface area contributed by atoms with Crippen molar-refractivity contribution in [1.82, 2.24) is 0 Å². The maximum absolute atomic E-state index is 12.2. The van der Waals surface area contributed by atoms with Gasteiger partial charge in [-0.25, -0.2) is 4.79 Å². The molecule has 1 atom stereocenters. The second-order valence-electron chi connectivity index (χ2n) is 7.78. The maximum Gasteiger partial charge on any atom is 0.405 e. The average molecular weight is 362 g/mol. The lowest BCUT2D eigenvalue weighted by molar-refractivity contribution is -0.148. The molecule has 26 heavy (non-hydrogen) atoms. The Balaban J connectivity index is 1.76. The van der Waals surface area contributed by atoms with Gasteiger partial charge in [-0.2, -0.15) is 0 Å². The number of amides is 1. The first kappa shape index (κ1) is 20.2. The summed E-state index contributed by atoms with van der Waals surface area (Å²) in [6.07, 6.45) is 3.67. The van der Waals surface area contributed by atoms with Gasteiger partial charge in [0.05, 0.1) is 0 Å². The molecule has 0 aromatic heterocycles. The summed E-state index contributed by atoms with van der Waals surface area (Å²) < 4.78 is 10.5. The molecule has 144 valence electrons. The lowest BCUT2D eigenvalue weighted by atomic mass is 9.75. The van der Waals surface area contributed by atoms with E-state index < -0.39 is 17.7 Å². The van der Waals surface area contributed by atoms with Crippen LogP contribution in [0, 0.1) is 11.8 Å². The van der Waals surface area contributed by atoms with Crippen molar-refractivity contribution >= 4 is 12.1 Å². The molecule has 0 spiro atoms. The molecule has 1 aliphatic rings. The summed E-state index contributed by atoms with van der Waals surface area (Å²) in [5, 5.41) is 0. The van der Waals surface area contributed by atoms with E-state index in [1.54, 1.807) is 0 Å². The molecule has 1 aliphatic carbocycles. The molecule has 6 heteroatoms. The van der Waals surface area contributed by atoms with Crippen LogP contribution in [0.2, 0.25) is 0 Å². The van der Waals surface area contributed by atoms with Crippen LogP contribution in [0.4, 0.5) is 4.79 Å². The monoisotopic (exact) mass is 362 g/mol. The standard InChI is InChI=1S/C20H30N2O4/c1-20(2,26-19(22)24)12-14-8-10-16(11-9-14)17(21)18(23)25-13-15-6-4-3-5-7-15/h3-7,14,16-17H,8-13,21H2,1-2H3,(H2,22,24). The number of ether oxygens (including phenoxy) is 2. The minimum atomic E-state index is -0.744. The van der Waals surface area contributed by atoms with Gasteiger partial charge in [-0.05, 0) is 63.4 Å². The predicted molar refractivity (Wildman–Crippen MR) is 99.0 cm³/mol. The van der Waals surface area contributed by atoms with E-state index >= 15 is 0 Å². The molecule has 1 fully saturated rings. The van der Waals surface area contributed by atoms with Crippen molar-refractivity contribution in [1.29, 1.82) is 0 Å². The quantitative estimate of drug-likeness (QED) is 0.725. The van der Waals surface area contributed by atoms with Crippen LogP contribution in [-0.2, 0) is 20.9 Å². The zero-order chi connectivity index (χ0) is 19.2. The molecule has 6 nitrogen and oxygen atoms in total. The van der Waals surface area contributed by atoms with Crippen molar-refractivity contribution in [2.24, 2.45) is 23.3 Å². The van der Waals surface area contributed by atoms with E-state index in [9.17, 15) is 9.59 Å². The number of carbonyl (C=O) groups is 2. The minimum absolute atomic E-state index is 0.134. The second kappa shape index (κ2) is 9.03. The van der Waals surface area contributed by atoms with E-state index in [4.69, 9.17) is 20.9 Å². The first-order chi connectivity index (χ1) is 12.3. The first-order valence-electron chi connectivity index (χ1n) is 9.21. The summed E-state index contributed by atoms with van der Waals surface area (Å²) in [5.74, 6) is 0.234. The molecule has 0 aliphatic heterocycles. The number of rotatable bonds is 7. The zero-order valence-corrected chi connectivity index (χ0v) is 15.6. The van der Waals surface area contributed by atoms with Gasteiger partial charge in [0.15, 0.2) is 0 Å². The van der Waals surface area contributed by atoms with E-state index in [2.05, 4.69) is 0 Å². The molecule has 1 unspecified atom stereocenters. The molecule has 0 heterocycles. The van der Waals surface area contributed by atoms with Crippen molar-refractivity contribution in [3.63, 3.8) is 0 Å². The zero-order valence-electron chi connectivity index (χ0n) is 15.6. The molecule has 1 saturated carbocycles. The minimum Gasteiger partial charge on any atom is -0.460 e. The summed E-state index contributed by atoms with van der Waals surface area (Å²) in [7, 11) is 0. The Morgan fingerprint density at radius 1 is 1.15 bits per heavy atom. The molecule has 2 rings (SSSR count). The van der Waals surface area contributed by atoms with Crippen LogP contribution in [0.1, 0.15) is 51.5 Å². The van der Waals surface area contributed by atoms with E-state index in [0.29, 0.717) is 5.92 Å². The third-order valence-electron chi connectivity index (χ3n) is 5.05. The van der Waals surface area contributed by atoms with Crippen molar-refractivity contribution in [2.45, 2.75) is 64.2 Å². The Hall–Kier alpha value is -2.08. The van der Waals surface area contributed by atoms with Crippen molar-refractivity contribution in [3.05, 3.63) is 35.9 Å². The van der Waals surface area contributed by atoms with Gasteiger partial charge in [0.1, 0.15) is 18.2 Å². The van der Waals surface area contributed by atoms with Crippen LogP contribution in [-0.4, -0.2) is 23.7 Å². The molecule has 0 saturated heterocycles. The van der Waals surface area contributed by atoms with Gasteiger partial charge in [0.2, 0.25) is 0 Å². The fraction of sp³-hybridized carbons (Fsp3) is 0.600. The van der Waals surface area contributed by atoms with Gasteiger partial charge in [0, 0.05) is 0 Å². The molecule has 1 amide bonds. The van der Waals surface area contributed by atoms with Crippen LogP contribution >= 0.6 is 0 Å². The highest BCUT2D eigenvalue weighted by atomic mass is 16.6. The Morgan fingerprint density at radius 3 is 2.35 bits per heavy atom. The fourth-order valence-corrected chi connectivity index (χ4v) is 3.78. The Bertz CT molecular complexity index is 595. The lowest BCUT2D eigenvalue weighted by Crippen LogP contribution is -2.41. The van der Waals surface area contributed by atoms with Gasteiger partial charge in [-0.15, -0.1) is 0 Å². The number of esters is 1. The third-order valence-corrected chi connectivity index (χ3v) is 5.05.